The number of aromatic nitrogens is 2. The van der Waals surface area contributed by atoms with Gasteiger partial charge >= 0.3 is 0 Å². The molecule has 1 heterocycles. The fourth-order valence-electron chi connectivity index (χ4n) is 2.56. The predicted octanol–water partition coefficient (Wildman–Crippen LogP) is 3.79. The Morgan fingerprint density at radius 3 is 2.62 bits per heavy atom. The molecule has 0 bridgehead atoms. The first-order chi connectivity index (χ1) is 14.0. The lowest BCUT2D eigenvalue weighted by molar-refractivity contribution is 0.109. The molecule has 0 atom stereocenters. The van der Waals surface area contributed by atoms with Gasteiger partial charge in [0.05, 0.1) is 12.4 Å². The summed E-state index contributed by atoms with van der Waals surface area (Å²) in [4.78, 5) is 8.75. The molecule has 2 aromatic rings. The Kier molecular flexibility index (Phi) is 10.1. The summed E-state index contributed by atoms with van der Waals surface area (Å²) in [6.45, 7) is 12.1. The van der Waals surface area contributed by atoms with Crippen LogP contribution in [0.1, 0.15) is 34.1 Å². The molecule has 7 heteroatoms. The number of hydrogen-bond donors (Lipinski definition) is 2. The van der Waals surface area contributed by atoms with Gasteiger partial charge in [-0.1, -0.05) is 13.8 Å². The van der Waals surface area contributed by atoms with E-state index in [-0.39, 0.29) is 6.10 Å². The highest BCUT2D eigenvalue weighted by molar-refractivity contribution is 5.93. The molecule has 0 spiro atoms. The van der Waals surface area contributed by atoms with E-state index in [0.29, 0.717) is 12.5 Å². The average molecular weight is 402 g/mol. The summed E-state index contributed by atoms with van der Waals surface area (Å²) in [5.74, 6) is 2.18. The molecule has 0 fully saturated rings. The average Bonchev–Trinajstić information content (AvgIpc) is 3.18. The number of hydrogen-bond acceptors (Lipinski definition) is 4. The molecule has 1 aromatic carbocycles. The van der Waals surface area contributed by atoms with Gasteiger partial charge in [-0.2, -0.15) is 0 Å². The Morgan fingerprint density at radius 1 is 1.17 bits per heavy atom. The van der Waals surface area contributed by atoms with Crippen LogP contribution >= 0.6 is 0 Å². The molecular formula is C22H35N5O2. The van der Waals surface area contributed by atoms with E-state index in [0.717, 1.165) is 50.1 Å². The maximum Gasteiger partial charge on any atom is 0.195 e. The van der Waals surface area contributed by atoms with Crippen LogP contribution in [0.3, 0.4) is 0 Å². The minimum absolute atomic E-state index is 0.161. The summed E-state index contributed by atoms with van der Waals surface area (Å²) >= 11 is 0. The minimum Gasteiger partial charge on any atom is -0.491 e. The van der Waals surface area contributed by atoms with E-state index in [9.17, 15) is 0 Å². The summed E-state index contributed by atoms with van der Waals surface area (Å²) in [5.41, 5.74) is 0.964. The van der Waals surface area contributed by atoms with Gasteiger partial charge in [-0.3, -0.25) is 4.99 Å². The van der Waals surface area contributed by atoms with Gasteiger partial charge in [0, 0.05) is 50.9 Å². The van der Waals surface area contributed by atoms with E-state index in [2.05, 4.69) is 34.5 Å². The highest BCUT2D eigenvalue weighted by Crippen LogP contribution is 2.16. The molecular weight excluding hydrogens is 366 g/mol. The van der Waals surface area contributed by atoms with Crippen LogP contribution in [0.5, 0.6) is 5.75 Å². The fraction of sp³-hybridized carbons (Fsp3) is 0.545. The SMILES string of the molecule is CC(C)COCCCN=C(NCCn1ccnc1)Nc1ccc(OC(C)C)cc1. The molecule has 0 aliphatic rings. The highest BCUT2D eigenvalue weighted by atomic mass is 16.5. The quantitative estimate of drug-likeness (QED) is 0.322. The minimum atomic E-state index is 0.161. The maximum atomic E-state index is 5.70. The molecule has 0 saturated carbocycles. The molecule has 0 unspecified atom stereocenters. The lowest BCUT2D eigenvalue weighted by Gasteiger charge is -2.14. The van der Waals surface area contributed by atoms with Crippen molar-refractivity contribution in [2.75, 3.05) is 31.6 Å². The zero-order valence-corrected chi connectivity index (χ0v) is 18.1. The molecule has 0 radical (unpaired) electrons. The zero-order chi connectivity index (χ0) is 20.9. The van der Waals surface area contributed by atoms with Crippen LogP contribution in [0.2, 0.25) is 0 Å². The lowest BCUT2D eigenvalue weighted by Crippen LogP contribution is -2.33. The van der Waals surface area contributed by atoms with Gasteiger partial charge in [0.1, 0.15) is 5.75 Å². The first-order valence-electron chi connectivity index (χ1n) is 10.4. The van der Waals surface area contributed by atoms with Gasteiger partial charge in [0.15, 0.2) is 5.96 Å². The van der Waals surface area contributed by atoms with Gasteiger partial charge in [-0.15, -0.1) is 0 Å². The van der Waals surface area contributed by atoms with Gasteiger partial charge in [-0.25, -0.2) is 4.98 Å². The topological polar surface area (TPSA) is 72.7 Å². The Labute approximate surface area is 174 Å². The summed E-state index contributed by atoms with van der Waals surface area (Å²) in [5, 5.41) is 6.75. The molecule has 0 saturated heterocycles. The molecule has 29 heavy (non-hydrogen) atoms. The van der Waals surface area contributed by atoms with Gasteiger partial charge < -0.3 is 24.7 Å². The fourth-order valence-corrected chi connectivity index (χ4v) is 2.56. The third-order valence-electron chi connectivity index (χ3n) is 3.88. The van der Waals surface area contributed by atoms with Gasteiger partial charge in [0.25, 0.3) is 0 Å². The van der Waals surface area contributed by atoms with Crippen molar-refractivity contribution >= 4 is 11.6 Å². The molecule has 0 aliphatic heterocycles. The summed E-state index contributed by atoms with van der Waals surface area (Å²) in [7, 11) is 0. The van der Waals surface area contributed by atoms with Crippen LogP contribution in [-0.4, -0.2) is 47.9 Å². The second kappa shape index (κ2) is 12.8. The normalized spacial score (nSPS) is 11.9. The molecule has 2 rings (SSSR count). The van der Waals surface area contributed by atoms with Crippen molar-refractivity contribution in [3.63, 3.8) is 0 Å². The van der Waals surface area contributed by atoms with E-state index < -0.39 is 0 Å². The van der Waals surface area contributed by atoms with E-state index in [1.54, 1.807) is 6.20 Å². The van der Waals surface area contributed by atoms with Crippen LogP contribution in [0.4, 0.5) is 5.69 Å². The summed E-state index contributed by atoms with van der Waals surface area (Å²) in [6, 6.07) is 7.92. The number of anilines is 1. The van der Waals surface area contributed by atoms with Crippen molar-refractivity contribution in [2.45, 2.75) is 46.8 Å². The number of nitrogens with zero attached hydrogens (tertiary/aromatic N) is 3. The molecule has 1 aromatic heterocycles. The van der Waals surface area contributed by atoms with Crippen LogP contribution in [-0.2, 0) is 11.3 Å². The number of guanidine groups is 1. The largest absolute Gasteiger partial charge is 0.491 e. The molecule has 160 valence electrons. The van der Waals surface area contributed by atoms with Gasteiger partial charge in [-0.05, 0) is 50.5 Å². The zero-order valence-electron chi connectivity index (χ0n) is 18.1. The summed E-state index contributed by atoms with van der Waals surface area (Å²) in [6.07, 6.45) is 6.60. The Bertz CT molecular complexity index is 697. The van der Waals surface area contributed by atoms with Crippen molar-refractivity contribution in [3.8, 4) is 5.75 Å². The standard InChI is InChI=1S/C22H35N5O2/c1-18(2)16-28-15-5-10-24-22(25-12-14-27-13-11-23-17-27)26-20-6-8-21(9-7-20)29-19(3)4/h6-9,11,13,17-19H,5,10,12,14-16H2,1-4H3,(H2,24,25,26). The number of rotatable bonds is 12. The maximum absolute atomic E-state index is 5.70. The van der Waals surface area contributed by atoms with Crippen LogP contribution in [0.25, 0.3) is 0 Å². The third kappa shape index (κ3) is 9.99. The van der Waals surface area contributed by atoms with E-state index in [4.69, 9.17) is 9.47 Å². The molecule has 0 amide bonds. The smallest absolute Gasteiger partial charge is 0.195 e. The Morgan fingerprint density at radius 2 is 1.97 bits per heavy atom. The van der Waals surface area contributed by atoms with Crippen molar-refractivity contribution in [3.05, 3.63) is 43.0 Å². The number of nitrogens with one attached hydrogen (secondary N) is 2. The van der Waals surface area contributed by atoms with E-state index in [1.807, 2.05) is 55.2 Å². The second-order valence-electron chi connectivity index (χ2n) is 7.60. The van der Waals surface area contributed by atoms with Gasteiger partial charge in [0.2, 0.25) is 0 Å². The molecule has 7 nitrogen and oxygen atoms in total. The Hall–Kier alpha value is -2.54. The first kappa shape index (κ1) is 22.7. The molecule has 0 aliphatic carbocycles. The highest BCUT2D eigenvalue weighted by Gasteiger charge is 2.03. The van der Waals surface area contributed by atoms with Crippen molar-refractivity contribution < 1.29 is 9.47 Å². The summed E-state index contributed by atoms with van der Waals surface area (Å²) < 4.78 is 13.4. The van der Waals surface area contributed by atoms with E-state index >= 15 is 0 Å². The monoisotopic (exact) mass is 401 g/mol. The third-order valence-corrected chi connectivity index (χ3v) is 3.88. The van der Waals surface area contributed by atoms with Crippen molar-refractivity contribution in [1.82, 2.24) is 14.9 Å². The first-order valence-corrected chi connectivity index (χ1v) is 10.4. The van der Waals surface area contributed by atoms with Crippen LogP contribution in [0.15, 0.2) is 48.0 Å². The lowest BCUT2D eigenvalue weighted by atomic mass is 10.2. The Balaban J connectivity index is 1.87. The van der Waals surface area contributed by atoms with Crippen LogP contribution in [0, 0.1) is 5.92 Å². The number of aliphatic imine (C=N–C) groups is 1. The second-order valence-corrected chi connectivity index (χ2v) is 7.60. The predicted molar refractivity (Wildman–Crippen MR) is 119 cm³/mol. The number of benzene rings is 1. The number of imidazole rings is 1. The molecule has 2 N–H and O–H groups in total. The van der Waals surface area contributed by atoms with Crippen molar-refractivity contribution in [2.24, 2.45) is 10.9 Å². The van der Waals surface area contributed by atoms with Crippen molar-refractivity contribution in [1.29, 1.82) is 0 Å². The van der Waals surface area contributed by atoms with E-state index in [1.165, 1.54) is 0 Å². The van der Waals surface area contributed by atoms with Crippen LogP contribution < -0.4 is 15.4 Å². The number of ether oxygens (including phenoxy) is 2.